The number of alkyl halides is 3. The van der Waals surface area contributed by atoms with Crippen LogP contribution in [0.1, 0.15) is 18.4 Å². The van der Waals surface area contributed by atoms with E-state index in [4.69, 9.17) is 5.11 Å². The molecule has 0 bridgehead atoms. The second kappa shape index (κ2) is 8.39. The molecular weight excluding hydrogens is 353 g/mol. The highest BCUT2D eigenvalue weighted by molar-refractivity contribution is 5.85. The van der Waals surface area contributed by atoms with Crippen LogP contribution >= 0.6 is 0 Å². The number of amides is 1. The Bertz CT molecular complexity index is 651. The van der Waals surface area contributed by atoms with Crippen molar-refractivity contribution in [3.05, 3.63) is 29.8 Å². The van der Waals surface area contributed by atoms with Gasteiger partial charge in [-0.2, -0.15) is 13.2 Å². The lowest BCUT2D eigenvalue weighted by Crippen LogP contribution is -2.47. The van der Waals surface area contributed by atoms with Crippen molar-refractivity contribution in [3.63, 3.8) is 0 Å². The molecule has 0 saturated carbocycles. The molecule has 1 aliphatic heterocycles. The van der Waals surface area contributed by atoms with E-state index in [1.54, 1.807) is 11.0 Å². The summed E-state index contributed by atoms with van der Waals surface area (Å²) in [5, 5.41) is 9.14. The third kappa shape index (κ3) is 4.66. The van der Waals surface area contributed by atoms with Crippen LogP contribution in [0.4, 0.5) is 18.9 Å². The first-order chi connectivity index (χ1) is 12.3. The Hall–Kier alpha value is -2.29. The van der Waals surface area contributed by atoms with E-state index in [9.17, 15) is 22.8 Å². The van der Waals surface area contributed by atoms with Crippen molar-refractivity contribution in [2.75, 3.05) is 38.3 Å². The molecule has 1 saturated heterocycles. The highest BCUT2D eigenvalue weighted by Gasteiger charge is 2.33. The lowest BCUT2D eigenvalue weighted by Gasteiger charge is -2.29. The highest BCUT2D eigenvalue weighted by atomic mass is 19.4. The number of carbonyl (C=O) groups is 2. The maximum absolute atomic E-state index is 12.9. The second-order valence-corrected chi connectivity index (χ2v) is 5.92. The molecule has 144 valence electrons. The second-order valence-electron chi connectivity index (χ2n) is 5.92. The van der Waals surface area contributed by atoms with Gasteiger partial charge >= 0.3 is 12.1 Å². The lowest BCUT2D eigenvalue weighted by atomic mass is 10.1. The average Bonchev–Trinajstić information content (AvgIpc) is 2.80. The van der Waals surface area contributed by atoms with Crippen molar-refractivity contribution in [1.29, 1.82) is 0 Å². The van der Waals surface area contributed by atoms with E-state index in [0.29, 0.717) is 5.69 Å². The number of benzene rings is 1. The topological polar surface area (TPSA) is 70.1 Å². The lowest BCUT2D eigenvalue weighted by molar-refractivity contribution is -0.153. The quantitative estimate of drug-likeness (QED) is 0.794. The first kappa shape index (κ1) is 20.0. The SMILES string of the molecule is COC(=O)[C@@H](CCO)N1CCN(c2cccc(C(F)(F)F)c2)CCC1=O. The van der Waals surface area contributed by atoms with Crippen LogP contribution in [0, 0.1) is 0 Å². The van der Waals surface area contributed by atoms with Gasteiger partial charge in [-0.1, -0.05) is 6.07 Å². The number of nitrogens with zero attached hydrogens (tertiary/aromatic N) is 2. The Morgan fingerprint density at radius 3 is 2.65 bits per heavy atom. The molecule has 6 nitrogen and oxygen atoms in total. The first-order valence-corrected chi connectivity index (χ1v) is 8.18. The van der Waals surface area contributed by atoms with Gasteiger partial charge in [0.1, 0.15) is 6.04 Å². The third-order valence-electron chi connectivity index (χ3n) is 4.32. The smallest absolute Gasteiger partial charge is 0.416 e. The standard InChI is InChI=1S/C17H21F3N2O4/c1-26-16(25)14(6-10-23)22-9-8-21(7-5-15(22)24)13-4-2-3-12(11-13)17(18,19)20/h2-4,11,14,23H,5-10H2,1H3/t14-/m1/s1. The summed E-state index contributed by atoms with van der Waals surface area (Å²) in [5.74, 6) is -0.928. The Morgan fingerprint density at radius 2 is 2.04 bits per heavy atom. The Balaban J connectivity index is 2.18. The molecule has 1 aromatic carbocycles. The molecule has 1 fully saturated rings. The number of hydrogen-bond acceptors (Lipinski definition) is 5. The van der Waals surface area contributed by atoms with Gasteiger partial charge in [0.15, 0.2) is 0 Å². The number of aliphatic hydroxyl groups excluding tert-OH is 1. The maximum Gasteiger partial charge on any atom is 0.416 e. The number of hydrogen-bond donors (Lipinski definition) is 1. The normalized spacial score (nSPS) is 17.0. The minimum Gasteiger partial charge on any atom is -0.467 e. The van der Waals surface area contributed by atoms with Gasteiger partial charge in [-0.3, -0.25) is 4.79 Å². The minimum absolute atomic E-state index is 0.0436. The largest absolute Gasteiger partial charge is 0.467 e. The van der Waals surface area contributed by atoms with Gasteiger partial charge in [0.2, 0.25) is 5.91 Å². The molecule has 1 aromatic rings. The van der Waals surface area contributed by atoms with Crippen LogP contribution in [0.3, 0.4) is 0 Å². The number of anilines is 1. The average molecular weight is 374 g/mol. The summed E-state index contributed by atoms with van der Waals surface area (Å²) in [6.45, 7) is 0.366. The Kier molecular flexibility index (Phi) is 6.47. The van der Waals surface area contributed by atoms with Gasteiger partial charge in [-0.25, -0.2) is 4.79 Å². The summed E-state index contributed by atoms with van der Waals surface area (Å²) in [6.07, 6.45) is -4.35. The van der Waals surface area contributed by atoms with Crippen LogP contribution in [-0.4, -0.2) is 61.3 Å². The number of methoxy groups -OCH3 is 1. The molecule has 0 aromatic heterocycles. The molecular formula is C17H21F3N2O4. The molecule has 1 N–H and O–H groups in total. The minimum atomic E-state index is -4.44. The van der Waals surface area contributed by atoms with Gasteiger partial charge in [0, 0.05) is 44.8 Å². The molecule has 1 atom stereocenters. The number of esters is 1. The summed E-state index contributed by atoms with van der Waals surface area (Å²) < 4.78 is 43.4. The molecule has 0 aliphatic carbocycles. The summed E-state index contributed by atoms with van der Waals surface area (Å²) in [5.41, 5.74) is -0.388. The van der Waals surface area contributed by atoms with Crippen molar-refractivity contribution in [1.82, 2.24) is 4.90 Å². The molecule has 9 heteroatoms. The van der Waals surface area contributed by atoms with Crippen molar-refractivity contribution in [3.8, 4) is 0 Å². The number of halogens is 3. The molecule has 0 unspecified atom stereocenters. The summed E-state index contributed by atoms with van der Waals surface area (Å²) >= 11 is 0. The fraction of sp³-hybridized carbons (Fsp3) is 0.529. The van der Waals surface area contributed by atoms with E-state index < -0.39 is 23.8 Å². The third-order valence-corrected chi connectivity index (χ3v) is 4.32. The Morgan fingerprint density at radius 1 is 1.31 bits per heavy atom. The number of carbonyl (C=O) groups excluding carboxylic acids is 2. The summed E-state index contributed by atoms with van der Waals surface area (Å²) in [4.78, 5) is 27.3. The van der Waals surface area contributed by atoms with Gasteiger partial charge in [-0.15, -0.1) is 0 Å². The van der Waals surface area contributed by atoms with E-state index >= 15 is 0 Å². The van der Waals surface area contributed by atoms with Gasteiger partial charge in [-0.05, 0) is 18.2 Å². The molecule has 1 aliphatic rings. The van der Waals surface area contributed by atoms with E-state index in [0.717, 1.165) is 12.1 Å². The van der Waals surface area contributed by atoms with E-state index in [1.165, 1.54) is 18.1 Å². The van der Waals surface area contributed by atoms with Crippen LogP contribution in [0.25, 0.3) is 0 Å². The predicted octanol–water partition coefficient (Wildman–Crippen LogP) is 1.67. The number of aliphatic hydroxyl groups is 1. The van der Waals surface area contributed by atoms with Crippen molar-refractivity contribution < 1.29 is 32.6 Å². The fourth-order valence-corrected chi connectivity index (χ4v) is 2.97. The van der Waals surface area contributed by atoms with Crippen LogP contribution in [0.2, 0.25) is 0 Å². The molecule has 1 heterocycles. The monoisotopic (exact) mass is 374 g/mol. The maximum atomic E-state index is 12.9. The van der Waals surface area contributed by atoms with Gasteiger partial charge in [0.05, 0.1) is 12.7 Å². The molecule has 0 radical (unpaired) electrons. The molecule has 2 rings (SSSR count). The molecule has 1 amide bonds. The van der Waals surface area contributed by atoms with Crippen molar-refractivity contribution >= 4 is 17.6 Å². The zero-order valence-corrected chi connectivity index (χ0v) is 14.3. The zero-order chi connectivity index (χ0) is 19.3. The highest BCUT2D eigenvalue weighted by Crippen LogP contribution is 2.32. The number of ether oxygens (including phenoxy) is 1. The summed E-state index contributed by atoms with van der Waals surface area (Å²) in [6, 6.07) is 4.02. The van der Waals surface area contributed by atoms with Crippen LogP contribution in [0.5, 0.6) is 0 Å². The molecule has 0 spiro atoms. The van der Waals surface area contributed by atoms with E-state index in [1.807, 2.05) is 0 Å². The first-order valence-electron chi connectivity index (χ1n) is 8.18. The predicted molar refractivity (Wildman–Crippen MR) is 87.5 cm³/mol. The van der Waals surface area contributed by atoms with Gasteiger partial charge in [0.25, 0.3) is 0 Å². The van der Waals surface area contributed by atoms with E-state index in [2.05, 4.69) is 4.74 Å². The van der Waals surface area contributed by atoms with Crippen molar-refractivity contribution in [2.45, 2.75) is 25.1 Å². The van der Waals surface area contributed by atoms with Crippen molar-refractivity contribution in [2.24, 2.45) is 0 Å². The zero-order valence-electron chi connectivity index (χ0n) is 14.3. The number of rotatable bonds is 5. The van der Waals surface area contributed by atoms with Crippen LogP contribution in [0.15, 0.2) is 24.3 Å². The van der Waals surface area contributed by atoms with E-state index in [-0.39, 0.29) is 45.0 Å². The van der Waals surface area contributed by atoms with Gasteiger partial charge < -0.3 is 19.6 Å². The Labute approximate surface area is 149 Å². The molecule has 26 heavy (non-hydrogen) atoms. The van der Waals surface area contributed by atoms with Crippen LogP contribution in [-0.2, 0) is 20.5 Å². The summed E-state index contributed by atoms with van der Waals surface area (Å²) in [7, 11) is 1.20. The fourth-order valence-electron chi connectivity index (χ4n) is 2.97. The van der Waals surface area contributed by atoms with Crippen LogP contribution < -0.4 is 4.90 Å².